The molecule has 2 N–H and O–H groups in total. The van der Waals surface area contributed by atoms with E-state index >= 15 is 0 Å². The van der Waals surface area contributed by atoms with Gasteiger partial charge in [-0.05, 0) is 38.2 Å². The van der Waals surface area contributed by atoms with E-state index in [-0.39, 0.29) is 0 Å². The highest BCUT2D eigenvalue weighted by Crippen LogP contribution is 2.20. The quantitative estimate of drug-likeness (QED) is 0.353. The molecule has 0 heterocycles. The maximum absolute atomic E-state index is 6.04. The smallest absolute Gasteiger partial charge is 0.183 e. The Morgan fingerprint density at radius 3 is 1.68 bits per heavy atom. The van der Waals surface area contributed by atoms with E-state index < -0.39 is 0 Å². The average molecular weight is 269 g/mol. The molecule has 0 aromatic rings. The van der Waals surface area contributed by atoms with E-state index in [0.29, 0.717) is 12.5 Å². The molecule has 0 saturated carbocycles. The Kier molecular flexibility index (Phi) is 13.3. The number of allylic oxidation sites excluding steroid dienone is 1. The highest BCUT2D eigenvalue weighted by Gasteiger charge is 2.05. The van der Waals surface area contributed by atoms with Crippen LogP contribution in [0.4, 0.5) is 0 Å². The molecule has 0 fully saturated rings. The SMILES string of the molecule is CCCCCCC/C(CCCCCC)=C(/N)OCC. The van der Waals surface area contributed by atoms with Crippen LogP contribution in [0.25, 0.3) is 0 Å². The average Bonchev–Trinajstić information content (AvgIpc) is 2.41. The zero-order valence-corrected chi connectivity index (χ0v) is 13.5. The molecule has 0 aromatic heterocycles. The lowest BCUT2D eigenvalue weighted by atomic mass is 10.0. The summed E-state index contributed by atoms with van der Waals surface area (Å²) in [6.07, 6.45) is 14.0. The molecule has 0 radical (unpaired) electrons. The summed E-state index contributed by atoms with van der Waals surface area (Å²) in [5.74, 6) is 0.703. The number of hydrogen-bond acceptors (Lipinski definition) is 2. The van der Waals surface area contributed by atoms with Gasteiger partial charge in [0, 0.05) is 0 Å². The van der Waals surface area contributed by atoms with Crippen LogP contribution in [0, 0.1) is 0 Å². The van der Waals surface area contributed by atoms with Crippen LogP contribution in [-0.2, 0) is 4.74 Å². The summed E-state index contributed by atoms with van der Waals surface area (Å²) in [6.45, 7) is 7.19. The molecule has 0 bridgehead atoms. The molecular formula is C17H35NO. The minimum atomic E-state index is 0.681. The number of nitrogens with two attached hydrogens (primary N) is 1. The van der Waals surface area contributed by atoms with Crippen molar-refractivity contribution in [1.82, 2.24) is 0 Å². The molecule has 0 rings (SSSR count). The summed E-state index contributed by atoms with van der Waals surface area (Å²) < 4.78 is 5.50. The van der Waals surface area contributed by atoms with E-state index in [1.165, 1.54) is 63.4 Å². The van der Waals surface area contributed by atoms with Gasteiger partial charge in [0.05, 0.1) is 6.61 Å². The van der Waals surface area contributed by atoms with Gasteiger partial charge in [0.1, 0.15) is 0 Å². The Morgan fingerprint density at radius 2 is 1.21 bits per heavy atom. The van der Waals surface area contributed by atoms with Crippen molar-refractivity contribution in [2.24, 2.45) is 5.73 Å². The second-order valence-corrected chi connectivity index (χ2v) is 5.38. The maximum Gasteiger partial charge on any atom is 0.183 e. The lowest BCUT2D eigenvalue weighted by molar-refractivity contribution is 0.219. The minimum absolute atomic E-state index is 0.681. The van der Waals surface area contributed by atoms with Crippen molar-refractivity contribution in [3.63, 3.8) is 0 Å². The van der Waals surface area contributed by atoms with Crippen molar-refractivity contribution < 1.29 is 4.74 Å². The van der Waals surface area contributed by atoms with Crippen LogP contribution in [0.3, 0.4) is 0 Å². The van der Waals surface area contributed by atoms with Gasteiger partial charge in [-0.15, -0.1) is 0 Å². The van der Waals surface area contributed by atoms with E-state index in [9.17, 15) is 0 Å². The highest BCUT2D eigenvalue weighted by atomic mass is 16.5. The Balaban J connectivity index is 4.00. The minimum Gasteiger partial charge on any atom is -0.480 e. The molecule has 0 aromatic carbocycles. The van der Waals surface area contributed by atoms with Crippen molar-refractivity contribution >= 4 is 0 Å². The Bertz CT molecular complexity index is 223. The molecule has 0 aliphatic heterocycles. The summed E-state index contributed by atoms with van der Waals surface area (Å²) in [5.41, 5.74) is 7.40. The van der Waals surface area contributed by atoms with Crippen LogP contribution >= 0.6 is 0 Å². The zero-order chi connectivity index (χ0) is 14.3. The van der Waals surface area contributed by atoms with Gasteiger partial charge in [-0.1, -0.05) is 58.8 Å². The standard InChI is InChI=1S/C17H35NO/c1-4-7-9-11-13-15-16(17(18)19-6-3)14-12-10-8-5-2/h4-15,18H2,1-3H3/b17-16-. The molecule has 0 aliphatic carbocycles. The fourth-order valence-corrected chi connectivity index (χ4v) is 2.34. The molecular weight excluding hydrogens is 234 g/mol. The Morgan fingerprint density at radius 1 is 0.737 bits per heavy atom. The van der Waals surface area contributed by atoms with Crippen molar-refractivity contribution in [1.29, 1.82) is 0 Å². The first-order chi connectivity index (χ1) is 9.26. The monoisotopic (exact) mass is 269 g/mol. The molecule has 0 aliphatic rings. The van der Waals surface area contributed by atoms with Gasteiger partial charge >= 0.3 is 0 Å². The number of rotatable bonds is 13. The van der Waals surface area contributed by atoms with Crippen molar-refractivity contribution in [3.05, 3.63) is 11.5 Å². The van der Waals surface area contributed by atoms with E-state index in [2.05, 4.69) is 13.8 Å². The summed E-state index contributed by atoms with van der Waals surface area (Å²) in [4.78, 5) is 0. The molecule has 0 atom stereocenters. The van der Waals surface area contributed by atoms with Crippen LogP contribution in [0.5, 0.6) is 0 Å². The van der Waals surface area contributed by atoms with Gasteiger partial charge in [-0.3, -0.25) is 0 Å². The zero-order valence-electron chi connectivity index (χ0n) is 13.5. The summed E-state index contributed by atoms with van der Waals surface area (Å²) >= 11 is 0. The Labute approximate surface area is 120 Å². The van der Waals surface area contributed by atoms with E-state index in [0.717, 1.165) is 12.8 Å². The molecule has 0 saturated heterocycles. The van der Waals surface area contributed by atoms with Crippen molar-refractivity contribution in [2.45, 2.75) is 91.4 Å². The summed E-state index contributed by atoms with van der Waals surface area (Å²) in [7, 11) is 0. The summed E-state index contributed by atoms with van der Waals surface area (Å²) in [6, 6.07) is 0. The molecule has 0 unspecified atom stereocenters. The topological polar surface area (TPSA) is 35.2 Å². The maximum atomic E-state index is 6.04. The van der Waals surface area contributed by atoms with Gasteiger partial charge in [-0.2, -0.15) is 0 Å². The Hall–Kier alpha value is -0.660. The molecule has 0 spiro atoms. The fourth-order valence-electron chi connectivity index (χ4n) is 2.34. The van der Waals surface area contributed by atoms with Crippen LogP contribution in [0.2, 0.25) is 0 Å². The number of hydrogen-bond donors (Lipinski definition) is 1. The molecule has 0 amide bonds. The molecule has 114 valence electrons. The predicted molar refractivity (Wildman–Crippen MR) is 85.0 cm³/mol. The van der Waals surface area contributed by atoms with Crippen molar-refractivity contribution in [3.8, 4) is 0 Å². The van der Waals surface area contributed by atoms with E-state index in [4.69, 9.17) is 10.5 Å². The largest absolute Gasteiger partial charge is 0.480 e. The third kappa shape index (κ3) is 10.9. The van der Waals surface area contributed by atoms with Crippen LogP contribution in [-0.4, -0.2) is 6.61 Å². The van der Waals surface area contributed by atoms with Gasteiger partial charge in [0.15, 0.2) is 5.88 Å². The van der Waals surface area contributed by atoms with Crippen LogP contribution < -0.4 is 5.73 Å². The van der Waals surface area contributed by atoms with Gasteiger partial charge < -0.3 is 10.5 Å². The van der Waals surface area contributed by atoms with E-state index in [1.54, 1.807) is 0 Å². The number of ether oxygens (including phenoxy) is 1. The second-order valence-electron chi connectivity index (χ2n) is 5.38. The molecule has 19 heavy (non-hydrogen) atoms. The first-order valence-corrected chi connectivity index (χ1v) is 8.36. The van der Waals surface area contributed by atoms with Gasteiger partial charge in [-0.25, -0.2) is 0 Å². The fraction of sp³-hybridized carbons (Fsp3) is 0.882. The normalized spacial score (nSPS) is 12.4. The van der Waals surface area contributed by atoms with Crippen molar-refractivity contribution in [2.75, 3.05) is 6.61 Å². The van der Waals surface area contributed by atoms with Gasteiger partial charge in [0.2, 0.25) is 0 Å². The molecule has 2 nitrogen and oxygen atoms in total. The molecule has 2 heteroatoms. The first-order valence-electron chi connectivity index (χ1n) is 8.36. The van der Waals surface area contributed by atoms with Crippen LogP contribution in [0.15, 0.2) is 11.5 Å². The van der Waals surface area contributed by atoms with Gasteiger partial charge in [0.25, 0.3) is 0 Å². The second kappa shape index (κ2) is 13.8. The third-order valence-corrected chi connectivity index (χ3v) is 3.56. The highest BCUT2D eigenvalue weighted by molar-refractivity contribution is 5.05. The first kappa shape index (κ1) is 18.3. The van der Waals surface area contributed by atoms with Crippen LogP contribution in [0.1, 0.15) is 91.4 Å². The predicted octanol–water partition coefficient (Wildman–Crippen LogP) is 5.52. The van der Waals surface area contributed by atoms with E-state index in [1.807, 2.05) is 6.92 Å². The lowest BCUT2D eigenvalue weighted by Crippen LogP contribution is -2.07. The lowest BCUT2D eigenvalue weighted by Gasteiger charge is -2.12. The summed E-state index contributed by atoms with van der Waals surface area (Å²) in [5, 5.41) is 0. The number of unbranched alkanes of at least 4 members (excludes halogenated alkanes) is 7. The third-order valence-electron chi connectivity index (χ3n) is 3.56.